The van der Waals surface area contributed by atoms with Crippen LogP contribution >= 0.6 is 0 Å². The van der Waals surface area contributed by atoms with Gasteiger partial charge in [0.1, 0.15) is 12.2 Å². The average Bonchev–Trinajstić information content (AvgIpc) is 3.37. The van der Waals surface area contributed by atoms with Gasteiger partial charge in [-0.3, -0.25) is 4.79 Å². The summed E-state index contributed by atoms with van der Waals surface area (Å²) in [5.74, 6) is -1.41. The topological polar surface area (TPSA) is 96.4 Å². The third-order valence-electron chi connectivity index (χ3n) is 7.60. The second kappa shape index (κ2) is 9.72. The molecule has 2 aromatic carbocycles. The van der Waals surface area contributed by atoms with Crippen LogP contribution in [0.2, 0.25) is 0 Å². The predicted octanol–water partition coefficient (Wildman–Crippen LogP) is 5.11. The number of rotatable bonds is 4. The largest absolute Gasteiger partial charge is 0.481 e. The van der Waals surface area contributed by atoms with E-state index in [0.29, 0.717) is 19.4 Å². The fourth-order valence-electron chi connectivity index (χ4n) is 6.23. The lowest BCUT2D eigenvalue weighted by Gasteiger charge is -2.40. The zero-order valence-corrected chi connectivity index (χ0v) is 21.6. The summed E-state index contributed by atoms with van der Waals surface area (Å²) in [5.41, 5.74) is 3.91. The van der Waals surface area contributed by atoms with Crippen LogP contribution in [-0.2, 0) is 14.3 Å². The molecule has 2 heterocycles. The van der Waals surface area contributed by atoms with Crippen molar-refractivity contribution < 1.29 is 29.0 Å². The molecular weight excluding hydrogens is 472 g/mol. The number of carboxylic acids is 1. The number of carbonyl (C=O) groups excluding carboxylic acids is 2. The molecule has 2 fully saturated rings. The number of carbonyl (C=O) groups is 3. The number of piperidine rings is 1. The molecule has 0 bridgehead atoms. The summed E-state index contributed by atoms with van der Waals surface area (Å²) in [7, 11) is 0. The van der Waals surface area contributed by atoms with E-state index in [4.69, 9.17) is 9.47 Å². The van der Waals surface area contributed by atoms with Gasteiger partial charge in [0.2, 0.25) is 0 Å². The molecule has 37 heavy (non-hydrogen) atoms. The molecule has 3 unspecified atom stereocenters. The second-order valence-corrected chi connectivity index (χ2v) is 11.2. The van der Waals surface area contributed by atoms with Crippen molar-refractivity contribution in [1.29, 1.82) is 0 Å². The molecule has 2 amide bonds. The van der Waals surface area contributed by atoms with Gasteiger partial charge in [0, 0.05) is 24.9 Å². The van der Waals surface area contributed by atoms with Gasteiger partial charge in [-0.25, -0.2) is 9.59 Å². The second-order valence-electron chi connectivity index (χ2n) is 11.2. The van der Waals surface area contributed by atoms with Crippen LogP contribution in [0, 0.1) is 5.92 Å². The van der Waals surface area contributed by atoms with Crippen LogP contribution in [0.1, 0.15) is 57.1 Å². The fraction of sp³-hybridized carbons (Fsp3) is 0.483. The third kappa shape index (κ3) is 4.89. The van der Waals surface area contributed by atoms with Crippen LogP contribution in [0.15, 0.2) is 48.5 Å². The Balaban J connectivity index is 1.34. The minimum atomic E-state index is -0.951. The molecule has 0 radical (unpaired) electrons. The fourth-order valence-corrected chi connectivity index (χ4v) is 6.23. The quantitative estimate of drug-likeness (QED) is 0.619. The van der Waals surface area contributed by atoms with Gasteiger partial charge in [-0.05, 0) is 55.9 Å². The molecule has 2 aliphatic heterocycles. The molecule has 8 heteroatoms. The first kappa shape index (κ1) is 25.1. The van der Waals surface area contributed by atoms with Crippen molar-refractivity contribution in [2.75, 3.05) is 19.7 Å². The molecule has 3 atom stereocenters. The highest BCUT2D eigenvalue weighted by Gasteiger charge is 2.51. The van der Waals surface area contributed by atoms with E-state index in [0.717, 1.165) is 22.3 Å². The lowest BCUT2D eigenvalue weighted by Crippen LogP contribution is -2.55. The van der Waals surface area contributed by atoms with E-state index < -0.39 is 35.7 Å². The Labute approximate surface area is 217 Å². The Hall–Kier alpha value is -3.55. The van der Waals surface area contributed by atoms with Gasteiger partial charge >= 0.3 is 18.2 Å². The molecule has 3 aliphatic rings. The highest BCUT2D eigenvalue weighted by molar-refractivity contribution is 5.79. The number of ether oxygens (including phenoxy) is 2. The lowest BCUT2D eigenvalue weighted by molar-refractivity contribution is -0.138. The summed E-state index contributed by atoms with van der Waals surface area (Å²) in [4.78, 5) is 41.4. The van der Waals surface area contributed by atoms with Gasteiger partial charge in [-0.15, -0.1) is 0 Å². The molecule has 5 rings (SSSR count). The van der Waals surface area contributed by atoms with E-state index in [1.807, 2.05) is 24.3 Å². The molecule has 8 nitrogen and oxygen atoms in total. The molecule has 2 aromatic rings. The highest BCUT2D eigenvalue weighted by Crippen LogP contribution is 2.45. The SMILES string of the molecule is CC(C)(C)OC(=O)N1CC(CC(=O)O)C2C1CCCN2C(=O)OCC1c2ccccc2-c2ccccc21. The first-order valence-corrected chi connectivity index (χ1v) is 13.0. The number of fused-ring (bicyclic) bond motifs is 4. The normalized spacial score (nSPS) is 22.7. The molecule has 0 aromatic heterocycles. The van der Waals surface area contributed by atoms with Gasteiger partial charge in [0.25, 0.3) is 0 Å². The van der Waals surface area contributed by atoms with Gasteiger partial charge in [-0.2, -0.15) is 0 Å². The van der Waals surface area contributed by atoms with Crippen molar-refractivity contribution in [3.63, 3.8) is 0 Å². The minimum Gasteiger partial charge on any atom is -0.481 e. The van der Waals surface area contributed by atoms with E-state index in [9.17, 15) is 19.5 Å². The van der Waals surface area contributed by atoms with Crippen LogP contribution in [0.3, 0.4) is 0 Å². The van der Waals surface area contributed by atoms with E-state index in [1.54, 1.807) is 30.6 Å². The molecule has 2 saturated heterocycles. The molecule has 0 saturated carbocycles. The molecule has 1 N–H and O–H groups in total. The van der Waals surface area contributed by atoms with Crippen molar-refractivity contribution in [3.8, 4) is 11.1 Å². The van der Waals surface area contributed by atoms with Crippen molar-refractivity contribution in [1.82, 2.24) is 9.80 Å². The van der Waals surface area contributed by atoms with Crippen molar-refractivity contribution in [3.05, 3.63) is 59.7 Å². The molecule has 0 spiro atoms. The van der Waals surface area contributed by atoms with Gasteiger partial charge < -0.3 is 24.4 Å². The minimum absolute atomic E-state index is 0.0615. The molecule has 196 valence electrons. The number of benzene rings is 2. The summed E-state index contributed by atoms with van der Waals surface area (Å²) >= 11 is 0. The maximum absolute atomic E-state index is 13.5. The standard InChI is InChI=1S/C29H34N2O6/c1-29(2,3)37-28(35)31-16-18(15-25(32)33)26-24(31)13-8-14-30(26)27(34)36-17-23-21-11-6-4-9-19(21)20-10-5-7-12-22(20)23/h4-7,9-12,18,23-24,26H,8,13-17H2,1-3H3,(H,32,33). The molecule has 1 aliphatic carbocycles. The smallest absolute Gasteiger partial charge is 0.410 e. The summed E-state index contributed by atoms with van der Waals surface area (Å²) in [6.45, 7) is 6.31. The van der Waals surface area contributed by atoms with Gasteiger partial charge in [0.15, 0.2) is 0 Å². The van der Waals surface area contributed by atoms with Crippen LogP contribution in [0.5, 0.6) is 0 Å². The average molecular weight is 507 g/mol. The maximum Gasteiger partial charge on any atom is 0.410 e. The van der Waals surface area contributed by atoms with Crippen LogP contribution in [0.25, 0.3) is 11.1 Å². The van der Waals surface area contributed by atoms with E-state index in [2.05, 4.69) is 24.3 Å². The van der Waals surface area contributed by atoms with Gasteiger partial charge in [0.05, 0.1) is 18.5 Å². The number of hydrogen-bond donors (Lipinski definition) is 1. The Morgan fingerprint density at radius 2 is 1.57 bits per heavy atom. The lowest BCUT2D eigenvalue weighted by atomic mass is 9.89. The summed E-state index contributed by atoms with van der Waals surface area (Å²) < 4.78 is 11.5. The number of aliphatic carboxylic acids is 1. The zero-order chi connectivity index (χ0) is 26.3. The number of likely N-dealkylation sites (tertiary alicyclic amines) is 2. The Morgan fingerprint density at radius 1 is 0.946 bits per heavy atom. The highest BCUT2D eigenvalue weighted by atomic mass is 16.6. The first-order valence-electron chi connectivity index (χ1n) is 13.0. The summed E-state index contributed by atoms with van der Waals surface area (Å²) in [6, 6.07) is 15.6. The van der Waals surface area contributed by atoms with E-state index in [-0.39, 0.29) is 31.5 Å². The van der Waals surface area contributed by atoms with Gasteiger partial charge in [-0.1, -0.05) is 48.5 Å². The Bertz CT molecular complexity index is 1160. The number of carboxylic acid groups (broad SMARTS) is 1. The van der Waals surface area contributed by atoms with E-state index >= 15 is 0 Å². The van der Waals surface area contributed by atoms with Crippen LogP contribution in [0.4, 0.5) is 9.59 Å². The van der Waals surface area contributed by atoms with Crippen molar-refractivity contribution in [2.45, 2.75) is 63.6 Å². The zero-order valence-electron chi connectivity index (χ0n) is 21.6. The Morgan fingerprint density at radius 3 is 2.16 bits per heavy atom. The third-order valence-corrected chi connectivity index (χ3v) is 7.60. The summed E-state index contributed by atoms with van der Waals surface area (Å²) in [5, 5.41) is 9.56. The van der Waals surface area contributed by atoms with E-state index in [1.165, 1.54) is 0 Å². The Kier molecular flexibility index (Phi) is 6.60. The number of nitrogens with zero attached hydrogens (tertiary/aromatic N) is 2. The molecular formula is C29H34N2O6. The summed E-state index contributed by atoms with van der Waals surface area (Å²) in [6.07, 6.45) is 0.327. The predicted molar refractivity (Wildman–Crippen MR) is 137 cm³/mol. The monoisotopic (exact) mass is 506 g/mol. The first-order chi connectivity index (χ1) is 17.6. The van der Waals surface area contributed by atoms with Crippen LogP contribution < -0.4 is 0 Å². The number of amides is 2. The maximum atomic E-state index is 13.5. The van der Waals surface area contributed by atoms with Crippen LogP contribution in [-0.4, -0.2) is 70.4 Å². The number of hydrogen-bond acceptors (Lipinski definition) is 5. The van der Waals surface area contributed by atoms with Crippen molar-refractivity contribution in [2.24, 2.45) is 5.92 Å². The van der Waals surface area contributed by atoms with Crippen molar-refractivity contribution >= 4 is 18.2 Å².